The van der Waals surface area contributed by atoms with Crippen LogP contribution in [-0.4, -0.2) is 36.1 Å². The summed E-state index contributed by atoms with van der Waals surface area (Å²) in [7, 11) is 1.55. The summed E-state index contributed by atoms with van der Waals surface area (Å²) in [6.07, 6.45) is 1.22. The molecule has 3 rings (SSSR count). The van der Waals surface area contributed by atoms with Crippen LogP contribution in [0.2, 0.25) is 0 Å². The van der Waals surface area contributed by atoms with E-state index in [9.17, 15) is 15.5 Å². The molecule has 3 atom stereocenters. The van der Waals surface area contributed by atoms with Gasteiger partial charge in [0.2, 0.25) is 0 Å². The molecule has 0 aliphatic carbocycles. The van der Waals surface area contributed by atoms with Gasteiger partial charge in [-0.1, -0.05) is 37.3 Å². The third-order valence-corrected chi connectivity index (χ3v) is 5.32. The van der Waals surface area contributed by atoms with E-state index in [2.05, 4.69) is 37.3 Å². The molecular formula is C23H27NO4. The Bertz CT molecular complexity index is 841. The number of benzene rings is 2. The SMILES string of the molecule is CCc1ccc(Cc2cc([C@H]3C[C@@H](O)C[C@@H](CO)O3)cc(OC)c2C#N)cc1. The molecule has 2 aromatic carbocycles. The predicted octanol–water partition coefficient (Wildman–Crippen LogP) is 3.29. The van der Waals surface area contributed by atoms with Crippen LogP contribution in [0, 0.1) is 11.3 Å². The van der Waals surface area contributed by atoms with Crippen molar-refractivity contribution in [3.8, 4) is 11.8 Å². The number of rotatable bonds is 6. The average Bonchev–Trinajstić information content (AvgIpc) is 2.73. The van der Waals surface area contributed by atoms with E-state index in [0.29, 0.717) is 30.6 Å². The van der Waals surface area contributed by atoms with Gasteiger partial charge in [-0.25, -0.2) is 0 Å². The smallest absolute Gasteiger partial charge is 0.137 e. The van der Waals surface area contributed by atoms with Crippen molar-refractivity contribution < 1.29 is 19.7 Å². The lowest BCUT2D eigenvalue weighted by atomic mass is 9.91. The maximum atomic E-state index is 10.1. The van der Waals surface area contributed by atoms with Gasteiger partial charge in [0.15, 0.2) is 0 Å². The number of nitriles is 1. The summed E-state index contributed by atoms with van der Waals surface area (Å²) in [5.41, 5.74) is 4.63. The van der Waals surface area contributed by atoms with Crippen LogP contribution >= 0.6 is 0 Å². The molecule has 0 aromatic heterocycles. The zero-order valence-electron chi connectivity index (χ0n) is 16.4. The Balaban J connectivity index is 1.96. The molecule has 0 saturated carbocycles. The molecule has 1 heterocycles. The molecule has 0 amide bonds. The van der Waals surface area contributed by atoms with Crippen molar-refractivity contribution in [1.82, 2.24) is 0 Å². The normalized spacial score (nSPS) is 21.9. The zero-order valence-corrected chi connectivity index (χ0v) is 16.4. The Labute approximate surface area is 166 Å². The van der Waals surface area contributed by atoms with Crippen molar-refractivity contribution in [2.24, 2.45) is 0 Å². The number of methoxy groups -OCH3 is 1. The molecule has 0 unspecified atom stereocenters. The molecule has 0 radical (unpaired) electrons. The summed E-state index contributed by atoms with van der Waals surface area (Å²) in [6, 6.07) is 14.4. The second-order valence-corrected chi connectivity index (χ2v) is 7.27. The van der Waals surface area contributed by atoms with E-state index in [4.69, 9.17) is 9.47 Å². The Hall–Kier alpha value is -2.39. The lowest BCUT2D eigenvalue weighted by molar-refractivity contribution is -0.113. The van der Waals surface area contributed by atoms with Crippen LogP contribution in [0.25, 0.3) is 0 Å². The topological polar surface area (TPSA) is 82.7 Å². The van der Waals surface area contributed by atoms with Gasteiger partial charge in [-0.2, -0.15) is 5.26 Å². The lowest BCUT2D eigenvalue weighted by Gasteiger charge is -2.33. The van der Waals surface area contributed by atoms with E-state index in [1.807, 2.05) is 6.07 Å². The molecule has 5 nitrogen and oxygen atoms in total. The van der Waals surface area contributed by atoms with Crippen molar-refractivity contribution in [3.63, 3.8) is 0 Å². The van der Waals surface area contributed by atoms with E-state index in [1.165, 1.54) is 5.56 Å². The molecular weight excluding hydrogens is 354 g/mol. The third kappa shape index (κ3) is 4.53. The highest BCUT2D eigenvalue weighted by molar-refractivity contribution is 5.53. The number of aryl methyl sites for hydroxylation is 1. The number of hydrogen-bond donors (Lipinski definition) is 2. The molecule has 1 fully saturated rings. The standard InChI is InChI=1S/C23H27NO4/c1-3-15-4-6-16(7-5-15)8-17-9-18(10-23(27-2)21(17)13-24)22-12-19(26)11-20(14-25)28-22/h4-7,9-10,19-20,22,25-26H,3,8,11-12,14H2,1-2H3/t19-,20-,22+/m0/s1. The maximum Gasteiger partial charge on any atom is 0.137 e. The summed E-state index contributed by atoms with van der Waals surface area (Å²) in [5.74, 6) is 0.504. The van der Waals surface area contributed by atoms with Crippen molar-refractivity contribution in [3.05, 3.63) is 64.2 Å². The second-order valence-electron chi connectivity index (χ2n) is 7.27. The van der Waals surface area contributed by atoms with E-state index < -0.39 is 6.10 Å². The Morgan fingerprint density at radius 1 is 1.18 bits per heavy atom. The van der Waals surface area contributed by atoms with Crippen molar-refractivity contribution in [1.29, 1.82) is 5.26 Å². The highest BCUT2D eigenvalue weighted by atomic mass is 16.5. The first-order valence-electron chi connectivity index (χ1n) is 9.71. The molecule has 0 spiro atoms. The lowest BCUT2D eigenvalue weighted by Crippen LogP contribution is -2.33. The van der Waals surface area contributed by atoms with Gasteiger partial charge in [-0.15, -0.1) is 0 Å². The first kappa shape index (κ1) is 20.3. The van der Waals surface area contributed by atoms with Crippen LogP contribution in [0.1, 0.15) is 53.7 Å². The molecule has 5 heteroatoms. The summed E-state index contributed by atoms with van der Waals surface area (Å²) in [6.45, 7) is 1.99. The van der Waals surface area contributed by atoms with Crippen molar-refractivity contribution in [2.45, 2.75) is 50.9 Å². The van der Waals surface area contributed by atoms with Gasteiger partial charge in [-0.05, 0) is 41.2 Å². The van der Waals surface area contributed by atoms with E-state index >= 15 is 0 Å². The van der Waals surface area contributed by atoms with Gasteiger partial charge in [-0.3, -0.25) is 0 Å². The molecule has 148 valence electrons. The van der Waals surface area contributed by atoms with Crippen LogP contribution in [0.3, 0.4) is 0 Å². The van der Waals surface area contributed by atoms with Crippen molar-refractivity contribution >= 4 is 0 Å². The minimum atomic E-state index is -0.525. The maximum absolute atomic E-state index is 10.1. The first-order valence-corrected chi connectivity index (χ1v) is 9.71. The molecule has 28 heavy (non-hydrogen) atoms. The van der Waals surface area contributed by atoms with E-state index in [0.717, 1.165) is 23.1 Å². The Kier molecular flexibility index (Phi) is 6.69. The average molecular weight is 381 g/mol. The summed E-state index contributed by atoms with van der Waals surface area (Å²) in [4.78, 5) is 0. The van der Waals surface area contributed by atoms with E-state index in [-0.39, 0.29) is 18.8 Å². The first-order chi connectivity index (χ1) is 13.6. The number of hydrogen-bond acceptors (Lipinski definition) is 5. The Morgan fingerprint density at radius 3 is 2.50 bits per heavy atom. The minimum absolute atomic E-state index is 0.127. The second kappa shape index (κ2) is 9.20. The molecule has 1 aliphatic heterocycles. The highest BCUT2D eigenvalue weighted by Gasteiger charge is 2.30. The highest BCUT2D eigenvalue weighted by Crippen LogP contribution is 2.36. The zero-order chi connectivity index (χ0) is 20.1. The fraction of sp³-hybridized carbons (Fsp3) is 0.435. The number of aliphatic hydroxyl groups excluding tert-OH is 2. The fourth-order valence-corrected chi connectivity index (χ4v) is 3.75. The predicted molar refractivity (Wildman–Crippen MR) is 106 cm³/mol. The van der Waals surface area contributed by atoms with E-state index in [1.54, 1.807) is 13.2 Å². The van der Waals surface area contributed by atoms with Gasteiger partial charge >= 0.3 is 0 Å². The fourth-order valence-electron chi connectivity index (χ4n) is 3.75. The van der Waals surface area contributed by atoms with Gasteiger partial charge < -0.3 is 19.7 Å². The van der Waals surface area contributed by atoms with Crippen LogP contribution in [0.5, 0.6) is 5.75 Å². The summed E-state index contributed by atoms with van der Waals surface area (Å²) >= 11 is 0. The monoisotopic (exact) mass is 381 g/mol. The van der Waals surface area contributed by atoms with Gasteiger partial charge in [0.25, 0.3) is 0 Å². The molecule has 0 bridgehead atoms. The molecule has 2 aromatic rings. The minimum Gasteiger partial charge on any atom is -0.495 e. The molecule has 1 aliphatic rings. The quantitative estimate of drug-likeness (QED) is 0.802. The summed E-state index contributed by atoms with van der Waals surface area (Å²) < 4.78 is 11.4. The summed E-state index contributed by atoms with van der Waals surface area (Å²) in [5, 5.41) is 29.3. The largest absolute Gasteiger partial charge is 0.495 e. The number of ether oxygens (including phenoxy) is 2. The van der Waals surface area contributed by atoms with Gasteiger partial charge in [0.1, 0.15) is 11.8 Å². The third-order valence-electron chi connectivity index (χ3n) is 5.32. The number of aliphatic hydroxyl groups is 2. The molecule has 1 saturated heterocycles. The molecule has 2 N–H and O–H groups in total. The Morgan fingerprint density at radius 2 is 1.89 bits per heavy atom. The van der Waals surface area contributed by atoms with Crippen molar-refractivity contribution in [2.75, 3.05) is 13.7 Å². The van der Waals surface area contributed by atoms with Crippen LogP contribution < -0.4 is 4.74 Å². The number of nitrogens with zero attached hydrogens (tertiary/aromatic N) is 1. The van der Waals surface area contributed by atoms with Crippen LogP contribution in [0.15, 0.2) is 36.4 Å². The van der Waals surface area contributed by atoms with Crippen LogP contribution in [0.4, 0.5) is 0 Å². The van der Waals surface area contributed by atoms with Gasteiger partial charge in [0, 0.05) is 12.8 Å². The van der Waals surface area contributed by atoms with Crippen LogP contribution in [-0.2, 0) is 17.6 Å². The van der Waals surface area contributed by atoms with Gasteiger partial charge in [0.05, 0.1) is 37.6 Å².